The maximum Gasteiger partial charge on any atom is 0.422 e. The van der Waals surface area contributed by atoms with Gasteiger partial charge >= 0.3 is 17.4 Å². The average Bonchev–Trinajstić information content (AvgIpc) is 3.25. The number of carbonyl (C=O) groups is 1. The zero-order valence-electron chi connectivity index (χ0n) is 19.2. The van der Waals surface area contributed by atoms with Crippen molar-refractivity contribution < 1.29 is 27.3 Å². The molecule has 4 aromatic rings. The van der Waals surface area contributed by atoms with Crippen molar-refractivity contribution in [2.75, 3.05) is 18.1 Å². The third-order valence-corrected chi connectivity index (χ3v) is 6.58. The minimum Gasteiger partial charge on any atom is -0.609 e. The topological polar surface area (TPSA) is 83.3 Å². The molecule has 0 saturated carbocycles. The van der Waals surface area contributed by atoms with Crippen molar-refractivity contribution in [1.29, 1.82) is 0 Å². The van der Waals surface area contributed by atoms with Gasteiger partial charge in [0.1, 0.15) is 5.75 Å². The molecule has 2 aromatic heterocycles. The number of hydrogen-bond donors (Lipinski definition) is 0. The molecule has 187 valence electrons. The summed E-state index contributed by atoms with van der Waals surface area (Å²) in [5.74, 6) is -0.187. The number of pyridine rings is 1. The van der Waals surface area contributed by atoms with Crippen molar-refractivity contribution >= 4 is 33.9 Å². The summed E-state index contributed by atoms with van der Waals surface area (Å²) >= 11 is -1.87. The summed E-state index contributed by atoms with van der Waals surface area (Å²) < 4.78 is 57.5. The molecule has 7 nitrogen and oxygen atoms in total. The van der Waals surface area contributed by atoms with Gasteiger partial charge in [-0.15, -0.1) is 0 Å². The van der Waals surface area contributed by atoms with Crippen LogP contribution in [0.5, 0.6) is 5.75 Å². The molecule has 4 rings (SSSR count). The van der Waals surface area contributed by atoms with Gasteiger partial charge in [0.15, 0.2) is 12.4 Å². The molecule has 0 saturated heterocycles. The molecule has 36 heavy (non-hydrogen) atoms. The van der Waals surface area contributed by atoms with Gasteiger partial charge in [-0.05, 0) is 44.2 Å². The molecular weight excluding hydrogens is 493 g/mol. The first kappa shape index (κ1) is 25.5. The molecule has 2 heterocycles. The van der Waals surface area contributed by atoms with Gasteiger partial charge < -0.3 is 9.29 Å². The lowest BCUT2D eigenvalue weighted by molar-refractivity contribution is -0.153. The van der Waals surface area contributed by atoms with Crippen molar-refractivity contribution in [2.45, 2.75) is 24.0 Å². The number of benzene rings is 2. The van der Waals surface area contributed by atoms with Crippen molar-refractivity contribution in [3.8, 4) is 5.75 Å². The maximum atomic E-state index is 13.7. The Morgan fingerprint density at radius 2 is 1.83 bits per heavy atom. The zero-order chi connectivity index (χ0) is 25.9. The van der Waals surface area contributed by atoms with E-state index in [1.165, 1.54) is 21.7 Å². The van der Waals surface area contributed by atoms with Crippen LogP contribution in [-0.2, 0) is 16.9 Å². The fourth-order valence-electron chi connectivity index (χ4n) is 3.61. The number of carbonyl (C=O) groups excluding carboxylic acids is 1. The molecule has 0 unspecified atom stereocenters. The number of hydrogen-bond acceptors (Lipinski definition) is 5. The Labute approximate surface area is 208 Å². The Bertz CT molecular complexity index is 1360. The van der Waals surface area contributed by atoms with Crippen LogP contribution in [0, 0.1) is 13.8 Å². The van der Waals surface area contributed by atoms with Gasteiger partial charge in [0.2, 0.25) is 0 Å². The van der Waals surface area contributed by atoms with Gasteiger partial charge in [-0.2, -0.15) is 18.2 Å². The number of imidazole rings is 1. The predicted octanol–water partition coefficient (Wildman–Crippen LogP) is 5.30. The monoisotopic (exact) mass is 515 g/mol. The maximum absolute atomic E-state index is 13.7. The molecule has 0 spiro atoms. The summed E-state index contributed by atoms with van der Waals surface area (Å²) in [4.78, 5) is 23.7. The van der Waals surface area contributed by atoms with E-state index in [1.54, 1.807) is 55.5 Å². The minimum atomic E-state index is -4.50. The number of amides is 1. The molecule has 11 heteroatoms. The van der Waals surface area contributed by atoms with E-state index in [2.05, 4.69) is 16.9 Å². The van der Waals surface area contributed by atoms with Gasteiger partial charge in [-0.25, -0.2) is 9.36 Å². The van der Waals surface area contributed by atoms with Gasteiger partial charge in [-0.1, -0.05) is 30.3 Å². The lowest BCUT2D eigenvalue weighted by Crippen LogP contribution is -2.36. The van der Waals surface area contributed by atoms with Crippen molar-refractivity contribution in [3.63, 3.8) is 0 Å². The number of rotatable bonds is 7. The predicted molar refractivity (Wildman–Crippen MR) is 130 cm³/mol. The van der Waals surface area contributed by atoms with Crippen LogP contribution in [0.2, 0.25) is 0 Å². The second-order valence-electron chi connectivity index (χ2n) is 7.76. The van der Waals surface area contributed by atoms with Gasteiger partial charge in [-0.3, -0.25) is 9.88 Å². The molecule has 0 bridgehead atoms. The van der Waals surface area contributed by atoms with Crippen molar-refractivity contribution in [3.05, 3.63) is 85.0 Å². The van der Waals surface area contributed by atoms with Crippen LogP contribution >= 0.6 is 0 Å². The van der Waals surface area contributed by atoms with Crippen LogP contribution in [-0.4, -0.2) is 44.4 Å². The molecular formula is C25H22F3N4O3S. The highest BCUT2D eigenvalue weighted by atomic mass is 32.2. The quantitative estimate of drug-likeness (QED) is 0.312. The molecule has 0 aliphatic rings. The average molecular weight is 516 g/mol. The number of ether oxygens (including phenoxy) is 1. The number of alkyl halides is 3. The number of halogens is 3. The fraction of sp³-hybridized carbons (Fsp3) is 0.200. The summed E-state index contributed by atoms with van der Waals surface area (Å²) in [6, 6.07) is 16.6. The highest BCUT2D eigenvalue weighted by Gasteiger charge is 2.31. The second-order valence-corrected chi connectivity index (χ2v) is 9.11. The number of aromatic nitrogens is 3. The standard InChI is InChI=1S/C25H22F3N4O3S/c1-3-31(18-9-5-4-6-10-18)24(33)32-21-12-8-7-11-19(21)30-23(32)36(34)15-20-17(2)22(13-14-29-20)35-16-25(26,27)28/h4-14H,1,3,15-16H2,2H3/t36-/m1/s1. The Hall–Kier alpha value is -3.57. The highest BCUT2D eigenvalue weighted by molar-refractivity contribution is 7.90. The van der Waals surface area contributed by atoms with Gasteiger partial charge in [0.05, 0.1) is 16.7 Å². The normalized spacial score (nSPS) is 12.5. The summed E-state index contributed by atoms with van der Waals surface area (Å²) in [5, 5.41) is -0.00149. The molecule has 0 fully saturated rings. The lowest BCUT2D eigenvalue weighted by Gasteiger charge is -2.22. The molecule has 0 aliphatic carbocycles. The van der Waals surface area contributed by atoms with Crippen LogP contribution in [0.4, 0.5) is 23.7 Å². The van der Waals surface area contributed by atoms with E-state index in [-0.39, 0.29) is 28.9 Å². The van der Waals surface area contributed by atoms with Gasteiger partial charge in [0.25, 0.3) is 0 Å². The van der Waals surface area contributed by atoms with E-state index >= 15 is 0 Å². The van der Waals surface area contributed by atoms with Crippen molar-refractivity contribution in [1.82, 2.24) is 14.5 Å². The first-order valence-electron chi connectivity index (χ1n) is 10.9. The first-order chi connectivity index (χ1) is 17.2. The van der Waals surface area contributed by atoms with E-state index in [4.69, 9.17) is 4.74 Å². The van der Waals surface area contributed by atoms with Crippen LogP contribution < -0.4 is 9.64 Å². The van der Waals surface area contributed by atoms with Crippen LogP contribution in [0.25, 0.3) is 11.0 Å². The first-order valence-corrected chi connectivity index (χ1v) is 12.2. The second kappa shape index (κ2) is 10.6. The van der Waals surface area contributed by atoms with Gasteiger partial charge in [0, 0.05) is 35.2 Å². The molecule has 1 amide bonds. The largest absolute Gasteiger partial charge is 0.609 e. The number of fused-ring (bicyclic) bond motifs is 1. The van der Waals surface area contributed by atoms with Crippen LogP contribution in [0.15, 0.2) is 72.0 Å². The van der Waals surface area contributed by atoms with E-state index in [0.29, 0.717) is 22.3 Å². The number of anilines is 1. The third kappa shape index (κ3) is 5.47. The molecule has 0 aliphatic heterocycles. The Morgan fingerprint density at radius 1 is 1.14 bits per heavy atom. The summed E-state index contributed by atoms with van der Waals surface area (Å²) in [6.07, 6.45) is -3.21. The SMILES string of the molecule is [CH2]CN(C(=O)n1c([S@+]([O-])Cc2nccc(OCC(F)(F)F)c2C)nc2ccccc21)c1ccccc1. The minimum absolute atomic E-state index is 0.00149. The Morgan fingerprint density at radius 3 is 2.53 bits per heavy atom. The Kier molecular flexibility index (Phi) is 7.51. The lowest BCUT2D eigenvalue weighted by atomic mass is 10.2. The number of nitrogens with zero attached hydrogens (tertiary/aromatic N) is 4. The number of para-hydroxylation sites is 3. The fourth-order valence-corrected chi connectivity index (χ4v) is 4.86. The molecule has 1 radical (unpaired) electrons. The van der Waals surface area contributed by atoms with E-state index in [9.17, 15) is 22.5 Å². The van der Waals surface area contributed by atoms with E-state index < -0.39 is 30.0 Å². The van der Waals surface area contributed by atoms with Crippen molar-refractivity contribution in [2.24, 2.45) is 0 Å². The molecule has 0 N–H and O–H groups in total. The summed E-state index contributed by atoms with van der Waals surface area (Å²) in [6.45, 7) is 4.06. The smallest absolute Gasteiger partial charge is 0.422 e. The zero-order valence-corrected chi connectivity index (χ0v) is 20.1. The molecule has 2 aromatic carbocycles. The summed E-state index contributed by atoms with van der Waals surface area (Å²) in [5.41, 5.74) is 2.15. The van der Waals surface area contributed by atoms with E-state index in [0.717, 1.165) is 0 Å². The Balaban J connectivity index is 1.69. The molecule has 1 atom stereocenters. The van der Waals surface area contributed by atoms with Crippen LogP contribution in [0.3, 0.4) is 0 Å². The van der Waals surface area contributed by atoms with E-state index in [1.807, 2.05) is 6.07 Å². The highest BCUT2D eigenvalue weighted by Crippen LogP contribution is 2.28. The third-order valence-electron chi connectivity index (χ3n) is 5.37. The van der Waals surface area contributed by atoms with Crippen LogP contribution in [0.1, 0.15) is 11.3 Å². The summed E-state index contributed by atoms with van der Waals surface area (Å²) in [7, 11) is 0.